The fraction of sp³-hybridized carbons (Fsp3) is 0.600. The number of nitrogens with one attached hydrogen (secondary N) is 1. The van der Waals surface area contributed by atoms with Crippen LogP contribution >= 0.6 is 0 Å². The number of imidazole rings is 1. The molecule has 0 saturated carbocycles. The van der Waals surface area contributed by atoms with Gasteiger partial charge in [0.15, 0.2) is 0 Å². The molecule has 1 atom stereocenters. The molecule has 0 aliphatic carbocycles. The van der Waals surface area contributed by atoms with Crippen LogP contribution in [-0.4, -0.2) is 32.2 Å². The molecule has 0 aliphatic rings. The number of hydrogen-bond acceptors (Lipinski definition) is 3. The second kappa shape index (κ2) is 4.02. The van der Waals surface area contributed by atoms with E-state index < -0.39 is 11.6 Å². The van der Waals surface area contributed by atoms with Crippen molar-refractivity contribution in [2.75, 3.05) is 0 Å². The molecule has 0 bridgehead atoms. The van der Waals surface area contributed by atoms with Gasteiger partial charge in [0.05, 0.1) is 18.0 Å². The zero-order chi connectivity index (χ0) is 11.6. The Bertz CT molecular complexity index is 355. The van der Waals surface area contributed by atoms with Crippen LogP contribution in [0.5, 0.6) is 0 Å². The minimum absolute atomic E-state index is 0.276. The number of aryl methyl sites for hydroxylation is 1. The van der Waals surface area contributed by atoms with Gasteiger partial charge in [-0.3, -0.25) is 4.79 Å². The first-order valence-corrected chi connectivity index (χ1v) is 4.81. The first-order chi connectivity index (χ1) is 6.83. The number of carbonyl (C=O) groups excluding carboxylic acids is 1. The molecule has 1 amide bonds. The molecule has 5 nitrogen and oxygen atoms in total. The van der Waals surface area contributed by atoms with E-state index in [9.17, 15) is 9.90 Å². The van der Waals surface area contributed by atoms with Gasteiger partial charge in [0.1, 0.15) is 5.69 Å². The van der Waals surface area contributed by atoms with E-state index in [4.69, 9.17) is 0 Å². The SMILES string of the molecule is CC(O)C(C)(C)NC(=O)c1cn(C)cn1. The standard InChI is InChI=1S/C10H17N3O2/c1-7(14)10(2,3)12-9(15)8-5-13(4)6-11-8/h5-7,14H,1-4H3,(H,12,15). The van der Waals surface area contributed by atoms with Gasteiger partial charge in [-0.05, 0) is 20.8 Å². The normalized spacial score (nSPS) is 13.7. The topological polar surface area (TPSA) is 67.2 Å². The minimum atomic E-state index is -0.658. The summed E-state index contributed by atoms with van der Waals surface area (Å²) in [5, 5.41) is 12.2. The van der Waals surface area contributed by atoms with Crippen LogP contribution < -0.4 is 5.32 Å². The summed E-state index contributed by atoms with van der Waals surface area (Å²) in [4.78, 5) is 15.6. The molecule has 2 N–H and O–H groups in total. The van der Waals surface area contributed by atoms with Crippen molar-refractivity contribution in [2.24, 2.45) is 7.05 Å². The zero-order valence-corrected chi connectivity index (χ0v) is 9.48. The molecule has 1 unspecified atom stereocenters. The largest absolute Gasteiger partial charge is 0.391 e. The zero-order valence-electron chi connectivity index (χ0n) is 9.48. The summed E-state index contributed by atoms with van der Waals surface area (Å²) >= 11 is 0. The van der Waals surface area contributed by atoms with Gasteiger partial charge >= 0.3 is 0 Å². The molecular weight excluding hydrogens is 194 g/mol. The lowest BCUT2D eigenvalue weighted by atomic mass is 9.99. The van der Waals surface area contributed by atoms with Crippen molar-refractivity contribution >= 4 is 5.91 Å². The van der Waals surface area contributed by atoms with E-state index in [0.717, 1.165) is 0 Å². The Hall–Kier alpha value is -1.36. The smallest absolute Gasteiger partial charge is 0.271 e. The van der Waals surface area contributed by atoms with Gasteiger partial charge in [-0.15, -0.1) is 0 Å². The second-order valence-corrected chi connectivity index (χ2v) is 4.28. The maximum absolute atomic E-state index is 11.7. The number of aliphatic hydroxyl groups is 1. The van der Waals surface area contributed by atoms with E-state index in [1.165, 1.54) is 0 Å². The Morgan fingerprint density at radius 3 is 2.67 bits per heavy atom. The summed E-state index contributed by atoms with van der Waals surface area (Å²) in [6.07, 6.45) is 2.57. The molecule has 15 heavy (non-hydrogen) atoms. The summed E-state index contributed by atoms with van der Waals surface area (Å²) in [6, 6.07) is 0. The molecule has 1 aromatic heterocycles. The van der Waals surface area contributed by atoms with Crippen LogP contribution in [0.1, 0.15) is 31.3 Å². The number of nitrogens with zero attached hydrogens (tertiary/aromatic N) is 2. The monoisotopic (exact) mass is 211 g/mol. The average molecular weight is 211 g/mol. The Morgan fingerprint density at radius 2 is 2.27 bits per heavy atom. The predicted octanol–water partition coefficient (Wildman–Crippen LogP) is 0.309. The second-order valence-electron chi connectivity index (χ2n) is 4.28. The molecule has 1 heterocycles. The molecular formula is C10H17N3O2. The number of aromatic nitrogens is 2. The molecule has 1 aromatic rings. The highest BCUT2D eigenvalue weighted by Gasteiger charge is 2.27. The lowest BCUT2D eigenvalue weighted by molar-refractivity contribution is 0.0705. The third-order valence-electron chi connectivity index (χ3n) is 2.42. The fourth-order valence-electron chi connectivity index (χ4n) is 0.991. The van der Waals surface area contributed by atoms with Crippen molar-refractivity contribution in [2.45, 2.75) is 32.4 Å². The van der Waals surface area contributed by atoms with Crippen LogP contribution in [0.15, 0.2) is 12.5 Å². The quantitative estimate of drug-likeness (QED) is 0.756. The van der Waals surface area contributed by atoms with Gasteiger partial charge in [-0.25, -0.2) is 4.98 Å². The van der Waals surface area contributed by atoms with E-state index in [-0.39, 0.29) is 5.91 Å². The van der Waals surface area contributed by atoms with Crippen molar-refractivity contribution in [3.8, 4) is 0 Å². The van der Waals surface area contributed by atoms with Gasteiger partial charge in [0, 0.05) is 13.2 Å². The summed E-state index contributed by atoms with van der Waals surface area (Å²) < 4.78 is 1.70. The molecule has 1 rings (SSSR count). The van der Waals surface area contributed by atoms with Crippen molar-refractivity contribution in [1.82, 2.24) is 14.9 Å². The van der Waals surface area contributed by atoms with E-state index in [2.05, 4.69) is 10.3 Å². The van der Waals surface area contributed by atoms with Gasteiger partial charge in [0.25, 0.3) is 5.91 Å². The number of amides is 1. The Balaban J connectivity index is 2.72. The molecule has 0 fully saturated rings. The van der Waals surface area contributed by atoms with Gasteiger partial charge < -0.3 is 15.0 Å². The van der Waals surface area contributed by atoms with Crippen LogP contribution in [0.3, 0.4) is 0 Å². The molecule has 0 aliphatic heterocycles. The van der Waals surface area contributed by atoms with E-state index >= 15 is 0 Å². The third-order valence-corrected chi connectivity index (χ3v) is 2.42. The van der Waals surface area contributed by atoms with Crippen molar-refractivity contribution < 1.29 is 9.90 Å². The Labute approximate surface area is 89.1 Å². The summed E-state index contributed by atoms with van der Waals surface area (Å²) in [6.45, 7) is 5.16. The van der Waals surface area contributed by atoms with E-state index in [1.807, 2.05) is 0 Å². The first kappa shape index (κ1) is 11.7. The fourth-order valence-corrected chi connectivity index (χ4v) is 0.991. The maximum Gasteiger partial charge on any atom is 0.271 e. The highest BCUT2D eigenvalue weighted by atomic mass is 16.3. The highest BCUT2D eigenvalue weighted by molar-refractivity contribution is 5.92. The van der Waals surface area contributed by atoms with Crippen molar-refractivity contribution in [3.63, 3.8) is 0 Å². The Morgan fingerprint density at radius 1 is 1.67 bits per heavy atom. The molecule has 0 spiro atoms. The van der Waals surface area contributed by atoms with Crippen LogP contribution in [0.4, 0.5) is 0 Å². The lowest BCUT2D eigenvalue weighted by Crippen LogP contribution is -2.51. The van der Waals surface area contributed by atoms with Gasteiger partial charge in [-0.1, -0.05) is 0 Å². The minimum Gasteiger partial charge on any atom is -0.391 e. The van der Waals surface area contributed by atoms with Crippen molar-refractivity contribution in [3.05, 3.63) is 18.2 Å². The molecule has 0 aromatic carbocycles. The third kappa shape index (κ3) is 2.79. The van der Waals surface area contributed by atoms with Crippen LogP contribution in [0.2, 0.25) is 0 Å². The Kier molecular flexibility index (Phi) is 3.14. The average Bonchev–Trinajstić information content (AvgIpc) is 2.50. The summed E-state index contributed by atoms with van der Waals surface area (Å²) in [5.74, 6) is -0.276. The highest BCUT2D eigenvalue weighted by Crippen LogP contribution is 2.09. The number of aliphatic hydroxyl groups excluding tert-OH is 1. The van der Waals surface area contributed by atoms with Gasteiger partial charge in [0.2, 0.25) is 0 Å². The molecule has 84 valence electrons. The van der Waals surface area contributed by atoms with Crippen LogP contribution in [-0.2, 0) is 7.05 Å². The molecule has 0 saturated heterocycles. The first-order valence-electron chi connectivity index (χ1n) is 4.81. The summed E-state index contributed by atoms with van der Waals surface area (Å²) in [7, 11) is 1.80. The van der Waals surface area contributed by atoms with Crippen molar-refractivity contribution in [1.29, 1.82) is 0 Å². The van der Waals surface area contributed by atoms with E-state index in [1.54, 1.807) is 44.9 Å². The predicted molar refractivity (Wildman–Crippen MR) is 56.4 cm³/mol. The number of carbonyl (C=O) groups is 1. The molecule has 0 radical (unpaired) electrons. The number of hydrogen-bond donors (Lipinski definition) is 2. The van der Waals surface area contributed by atoms with Gasteiger partial charge in [-0.2, -0.15) is 0 Å². The van der Waals surface area contributed by atoms with Crippen LogP contribution in [0, 0.1) is 0 Å². The molecule has 5 heteroatoms. The summed E-state index contributed by atoms with van der Waals surface area (Å²) in [5.41, 5.74) is -0.305. The lowest BCUT2D eigenvalue weighted by Gasteiger charge is -2.28. The van der Waals surface area contributed by atoms with Crippen LogP contribution in [0.25, 0.3) is 0 Å². The maximum atomic E-state index is 11.7. The van der Waals surface area contributed by atoms with E-state index in [0.29, 0.717) is 5.69 Å². The number of rotatable bonds is 3.